The molecule has 0 aliphatic carbocycles. The standard InChI is InChI=1S/C13H20FN/c1-2-3-4-5-12(10-15)11-6-8-13(14)9-7-11/h6-9,12H,2-5,10,15H2,1H3. The molecule has 2 heteroatoms. The molecule has 0 aliphatic heterocycles. The van der Waals surface area contributed by atoms with Crippen LogP contribution in [-0.4, -0.2) is 6.54 Å². The topological polar surface area (TPSA) is 26.0 Å². The smallest absolute Gasteiger partial charge is 0.123 e. The van der Waals surface area contributed by atoms with E-state index in [0.717, 1.165) is 12.0 Å². The van der Waals surface area contributed by atoms with Gasteiger partial charge in [-0.15, -0.1) is 0 Å². The molecule has 1 aromatic carbocycles. The summed E-state index contributed by atoms with van der Waals surface area (Å²) in [5.41, 5.74) is 6.89. The molecule has 0 spiro atoms. The summed E-state index contributed by atoms with van der Waals surface area (Å²) in [6, 6.07) is 6.72. The van der Waals surface area contributed by atoms with Gasteiger partial charge in [0.05, 0.1) is 0 Å². The van der Waals surface area contributed by atoms with E-state index in [1.165, 1.54) is 31.4 Å². The molecule has 0 heterocycles. The summed E-state index contributed by atoms with van der Waals surface area (Å²) in [6.45, 7) is 2.84. The number of benzene rings is 1. The quantitative estimate of drug-likeness (QED) is 0.713. The van der Waals surface area contributed by atoms with Gasteiger partial charge in [-0.05, 0) is 36.6 Å². The van der Waals surface area contributed by atoms with Crippen molar-refractivity contribution in [3.63, 3.8) is 0 Å². The third-order valence-corrected chi connectivity index (χ3v) is 2.78. The Morgan fingerprint density at radius 1 is 1.20 bits per heavy atom. The average Bonchev–Trinajstić information content (AvgIpc) is 2.26. The van der Waals surface area contributed by atoms with Gasteiger partial charge in [0, 0.05) is 0 Å². The summed E-state index contributed by atoms with van der Waals surface area (Å²) in [4.78, 5) is 0. The highest BCUT2D eigenvalue weighted by molar-refractivity contribution is 5.20. The second kappa shape index (κ2) is 6.57. The molecule has 1 unspecified atom stereocenters. The van der Waals surface area contributed by atoms with Crippen LogP contribution in [0.25, 0.3) is 0 Å². The molecule has 0 radical (unpaired) electrons. The van der Waals surface area contributed by atoms with Gasteiger partial charge in [0.15, 0.2) is 0 Å². The lowest BCUT2D eigenvalue weighted by atomic mass is 9.93. The second-order valence-corrected chi connectivity index (χ2v) is 3.98. The molecule has 84 valence electrons. The van der Waals surface area contributed by atoms with Gasteiger partial charge >= 0.3 is 0 Å². The molecule has 0 saturated carbocycles. The first-order valence-corrected chi connectivity index (χ1v) is 5.73. The van der Waals surface area contributed by atoms with E-state index >= 15 is 0 Å². The van der Waals surface area contributed by atoms with Crippen molar-refractivity contribution in [1.82, 2.24) is 0 Å². The summed E-state index contributed by atoms with van der Waals surface area (Å²) in [5.74, 6) is 0.209. The van der Waals surface area contributed by atoms with Crippen LogP contribution in [0, 0.1) is 5.82 Å². The Balaban J connectivity index is 2.53. The minimum atomic E-state index is -0.178. The number of hydrogen-bond donors (Lipinski definition) is 1. The molecule has 0 saturated heterocycles. The van der Waals surface area contributed by atoms with Gasteiger partial charge in [-0.2, -0.15) is 0 Å². The summed E-state index contributed by atoms with van der Waals surface area (Å²) in [5, 5.41) is 0. The van der Waals surface area contributed by atoms with E-state index in [-0.39, 0.29) is 5.82 Å². The van der Waals surface area contributed by atoms with Gasteiger partial charge in [0.25, 0.3) is 0 Å². The lowest BCUT2D eigenvalue weighted by molar-refractivity contribution is 0.569. The zero-order valence-corrected chi connectivity index (χ0v) is 9.38. The molecule has 15 heavy (non-hydrogen) atoms. The fourth-order valence-corrected chi connectivity index (χ4v) is 1.80. The van der Waals surface area contributed by atoms with Crippen LogP contribution in [0.2, 0.25) is 0 Å². The van der Waals surface area contributed by atoms with Gasteiger partial charge in [-0.1, -0.05) is 38.3 Å². The van der Waals surface area contributed by atoms with Gasteiger partial charge in [-0.3, -0.25) is 0 Å². The Labute approximate surface area is 91.5 Å². The number of halogens is 1. The summed E-state index contributed by atoms with van der Waals surface area (Å²) in [7, 11) is 0. The summed E-state index contributed by atoms with van der Waals surface area (Å²) in [6.07, 6.45) is 4.78. The highest BCUT2D eigenvalue weighted by atomic mass is 19.1. The molecule has 1 aromatic rings. The zero-order chi connectivity index (χ0) is 11.1. The van der Waals surface area contributed by atoms with Crippen LogP contribution in [0.15, 0.2) is 24.3 Å². The predicted molar refractivity (Wildman–Crippen MR) is 62.3 cm³/mol. The molecule has 0 aromatic heterocycles. The van der Waals surface area contributed by atoms with Crippen molar-refractivity contribution >= 4 is 0 Å². The molecule has 0 fully saturated rings. The minimum absolute atomic E-state index is 0.178. The Morgan fingerprint density at radius 2 is 1.87 bits per heavy atom. The van der Waals surface area contributed by atoms with Crippen molar-refractivity contribution in [3.05, 3.63) is 35.6 Å². The lowest BCUT2D eigenvalue weighted by Crippen LogP contribution is -2.12. The second-order valence-electron chi connectivity index (χ2n) is 3.98. The van der Waals surface area contributed by atoms with E-state index in [9.17, 15) is 4.39 Å². The maximum absolute atomic E-state index is 12.7. The fourth-order valence-electron chi connectivity index (χ4n) is 1.80. The average molecular weight is 209 g/mol. The summed E-state index contributed by atoms with van der Waals surface area (Å²) < 4.78 is 12.7. The van der Waals surface area contributed by atoms with E-state index in [1.54, 1.807) is 0 Å². The van der Waals surface area contributed by atoms with Gasteiger partial charge in [0.2, 0.25) is 0 Å². The minimum Gasteiger partial charge on any atom is -0.330 e. The third-order valence-electron chi connectivity index (χ3n) is 2.78. The van der Waals surface area contributed by atoms with E-state index in [4.69, 9.17) is 5.73 Å². The van der Waals surface area contributed by atoms with Crippen molar-refractivity contribution in [2.75, 3.05) is 6.54 Å². The molecule has 2 N–H and O–H groups in total. The largest absolute Gasteiger partial charge is 0.330 e. The van der Waals surface area contributed by atoms with Crippen LogP contribution in [0.1, 0.15) is 44.1 Å². The number of hydrogen-bond acceptors (Lipinski definition) is 1. The zero-order valence-electron chi connectivity index (χ0n) is 9.38. The number of unbranched alkanes of at least 4 members (excludes halogenated alkanes) is 2. The van der Waals surface area contributed by atoms with Crippen molar-refractivity contribution in [2.45, 2.75) is 38.5 Å². The van der Waals surface area contributed by atoms with Gasteiger partial charge in [0.1, 0.15) is 5.82 Å². The molecule has 0 bridgehead atoms. The van der Waals surface area contributed by atoms with E-state index < -0.39 is 0 Å². The highest BCUT2D eigenvalue weighted by Crippen LogP contribution is 2.21. The van der Waals surface area contributed by atoms with Crippen LogP contribution in [0.5, 0.6) is 0 Å². The monoisotopic (exact) mass is 209 g/mol. The van der Waals surface area contributed by atoms with Crippen molar-refractivity contribution in [3.8, 4) is 0 Å². The molecular weight excluding hydrogens is 189 g/mol. The molecule has 0 aliphatic rings. The van der Waals surface area contributed by atoms with Crippen LogP contribution in [-0.2, 0) is 0 Å². The fraction of sp³-hybridized carbons (Fsp3) is 0.538. The molecule has 1 nitrogen and oxygen atoms in total. The normalized spacial score (nSPS) is 12.7. The third kappa shape index (κ3) is 4.00. The lowest BCUT2D eigenvalue weighted by Gasteiger charge is -2.14. The molecular formula is C13H20FN. The SMILES string of the molecule is CCCCCC(CN)c1ccc(F)cc1. The molecule has 0 amide bonds. The van der Waals surface area contributed by atoms with E-state index in [2.05, 4.69) is 6.92 Å². The van der Waals surface area contributed by atoms with E-state index in [1.807, 2.05) is 12.1 Å². The van der Waals surface area contributed by atoms with Crippen molar-refractivity contribution in [1.29, 1.82) is 0 Å². The summed E-state index contributed by atoms with van der Waals surface area (Å²) >= 11 is 0. The Hall–Kier alpha value is -0.890. The number of nitrogens with two attached hydrogens (primary N) is 1. The Kier molecular flexibility index (Phi) is 5.33. The Bertz CT molecular complexity index is 268. The molecule has 1 rings (SSSR count). The number of rotatable bonds is 6. The maximum Gasteiger partial charge on any atom is 0.123 e. The van der Waals surface area contributed by atoms with Gasteiger partial charge in [-0.25, -0.2) is 4.39 Å². The first kappa shape index (κ1) is 12.2. The highest BCUT2D eigenvalue weighted by Gasteiger charge is 2.08. The van der Waals surface area contributed by atoms with Crippen LogP contribution < -0.4 is 5.73 Å². The molecule has 1 atom stereocenters. The first-order chi connectivity index (χ1) is 7.27. The van der Waals surface area contributed by atoms with E-state index in [0.29, 0.717) is 12.5 Å². The van der Waals surface area contributed by atoms with Crippen molar-refractivity contribution < 1.29 is 4.39 Å². The van der Waals surface area contributed by atoms with Crippen LogP contribution in [0.3, 0.4) is 0 Å². The van der Waals surface area contributed by atoms with Crippen molar-refractivity contribution in [2.24, 2.45) is 5.73 Å². The van der Waals surface area contributed by atoms with Crippen LogP contribution in [0.4, 0.5) is 4.39 Å². The first-order valence-electron chi connectivity index (χ1n) is 5.73. The van der Waals surface area contributed by atoms with Gasteiger partial charge < -0.3 is 5.73 Å². The predicted octanol–water partition coefficient (Wildman–Crippen LogP) is 3.45. The Morgan fingerprint density at radius 3 is 2.40 bits per heavy atom. The van der Waals surface area contributed by atoms with Crippen LogP contribution >= 0.6 is 0 Å². The maximum atomic E-state index is 12.7.